The van der Waals surface area contributed by atoms with Crippen molar-refractivity contribution in [3.05, 3.63) is 40.0 Å². The summed E-state index contributed by atoms with van der Waals surface area (Å²) in [5.74, 6) is -0.209. The van der Waals surface area contributed by atoms with Crippen molar-refractivity contribution in [2.45, 2.75) is 30.5 Å². The lowest BCUT2D eigenvalue weighted by molar-refractivity contribution is 0.0696. The number of thiazole rings is 1. The number of aromatic carboxylic acids is 1. The van der Waals surface area contributed by atoms with E-state index in [-0.39, 0.29) is 5.56 Å². The van der Waals surface area contributed by atoms with E-state index in [1.54, 1.807) is 17.4 Å². The van der Waals surface area contributed by atoms with Gasteiger partial charge in [0, 0.05) is 17.3 Å². The average Bonchev–Trinajstić information content (AvgIpc) is 2.85. The van der Waals surface area contributed by atoms with Gasteiger partial charge in [0.05, 0.1) is 21.3 Å². The van der Waals surface area contributed by atoms with Crippen LogP contribution in [0.25, 0.3) is 0 Å². The predicted octanol–water partition coefficient (Wildman–Crippen LogP) is 3.48. The molecule has 0 atom stereocenters. The highest BCUT2D eigenvalue weighted by molar-refractivity contribution is 7.98. The Kier molecular flexibility index (Phi) is 4.93. The van der Waals surface area contributed by atoms with Gasteiger partial charge in [-0.05, 0) is 25.0 Å². The van der Waals surface area contributed by atoms with Crippen LogP contribution in [0.15, 0.2) is 28.7 Å². The lowest BCUT2D eigenvalue weighted by Crippen LogP contribution is -1.96. The van der Waals surface area contributed by atoms with E-state index < -0.39 is 5.97 Å². The minimum Gasteiger partial charge on any atom is -0.478 e. The minimum absolute atomic E-state index is 0.266. The topological polar surface area (TPSA) is 63.1 Å². The van der Waals surface area contributed by atoms with E-state index in [4.69, 9.17) is 5.11 Å². The van der Waals surface area contributed by atoms with Crippen LogP contribution >= 0.6 is 23.1 Å². The molecule has 0 saturated heterocycles. The number of thioether (sulfide) groups is 1. The van der Waals surface area contributed by atoms with Crippen molar-refractivity contribution in [3.63, 3.8) is 0 Å². The van der Waals surface area contributed by atoms with Crippen molar-refractivity contribution in [2.24, 2.45) is 0 Å². The molecule has 0 unspecified atom stereocenters. The molecule has 2 rings (SSSR count). The first kappa shape index (κ1) is 14.0. The van der Waals surface area contributed by atoms with E-state index in [1.807, 2.05) is 0 Å². The van der Waals surface area contributed by atoms with Gasteiger partial charge in [0.2, 0.25) is 0 Å². The largest absolute Gasteiger partial charge is 0.478 e. The highest BCUT2D eigenvalue weighted by Gasteiger charge is 2.06. The first-order chi connectivity index (χ1) is 9.19. The second-order valence-corrected chi connectivity index (χ2v) is 5.90. The molecule has 0 aliphatic heterocycles. The number of nitrogens with zero attached hydrogens (tertiary/aromatic N) is 2. The van der Waals surface area contributed by atoms with Crippen LogP contribution in [0.3, 0.4) is 0 Å². The second-order valence-electron chi connectivity index (χ2n) is 3.96. The third-order valence-corrected chi connectivity index (χ3v) is 4.33. The lowest BCUT2D eigenvalue weighted by atomic mass is 10.3. The summed E-state index contributed by atoms with van der Waals surface area (Å²) in [4.78, 5) is 19.5. The van der Waals surface area contributed by atoms with Gasteiger partial charge < -0.3 is 5.11 Å². The van der Waals surface area contributed by atoms with E-state index in [9.17, 15) is 4.79 Å². The number of aryl methyl sites for hydroxylation is 1. The molecule has 0 bridgehead atoms. The number of carboxylic acids is 1. The Labute approximate surface area is 119 Å². The molecule has 6 heteroatoms. The van der Waals surface area contributed by atoms with Gasteiger partial charge in [0.25, 0.3) is 0 Å². The summed E-state index contributed by atoms with van der Waals surface area (Å²) in [6.45, 7) is 2.14. The number of hydrogen-bond donors (Lipinski definition) is 1. The molecule has 2 heterocycles. The van der Waals surface area contributed by atoms with E-state index in [0.717, 1.165) is 29.3 Å². The van der Waals surface area contributed by atoms with Gasteiger partial charge in [-0.1, -0.05) is 18.7 Å². The summed E-state index contributed by atoms with van der Waals surface area (Å²) in [5, 5.41) is 12.8. The third-order valence-electron chi connectivity index (χ3n) is 2.41. The minimum atomic E-state index is -0.928. The molecule has 0 aliphatic rings. The molecule has 0 saturated carbocycles. The highest BCUT2D eigenvalue weighted by atomic mass is 32.2. The monoisotopic (exact) mass is 294 g/mol. The Bertz CT molecular complexity index is 569. The molecule has 2 aromatic rings. The van der Waals surface area contributed by atoms with E-state index in [0.29, 0.717) is 5.03 Å². The lowest BCUT2D eigenvalue weighted by Gasteiger charge is -2.00. The molecule has 0 radical (unpaired) electrons. The van der Waals surface area contributed by atoms with Crippen molar-refractivity contribution in [1.82, 2.24) is 9.97 Å². The maximum absolute atomic E-state index is 10.9. The standard InChI is InChI=1S/C13H14N2O2S2/c1-2-3-11-15-10(7-18-11)8-19-12-6-9(13(16)17)4-5-14-12/h4-7H,2-3,8H2,1H3,(H,16,17). The van der Waals surface area contributed by atoms with Crippen LogP contribution in [0, 0.1) is 0 Å². The van der Waals surface area contributed by atoms with Crippen LogP contribution in [0.4, 0.5) is 0 Å². The summed E-state index contributed by atoms with van der Waals surface area (Å²) in [5.41, 5.74) is 1.29. The Hall–Kier alpha value is -1.40. The normalized spacial score (nSPS) is 10.6. The molecule has 0 aliphatic carbocycles. The third kappa shape index (κ3) is 4.04. The van der Waals surface area contributed by atoms with Crippen molar-refractivity contribution in [2.75, 3.05) is 0 Å². The number of pyridine rings is 1. The average molecular weight is 294 g/mol. The van der Waals surface area contributed by atoms with Gasteiger partial charge in [-0.25, -0.2) is 14.8 Å². The molecule has 4 nitrogen and oxygen atoms in total. The van der Waals surface area contributed by atoms with Crippen LogP contribution in [0.5, 0.6) is 0 Å². The molecule has 19 heavy (non-hydrogen) atoms. The number of rotatable bonds is 6. The molecule has 100 valence electrons. The molecule has 0 aromatic carbocycles. The zero-order valence-corrected chi connectivity index (χ0v) is 12.1. The maximum Gasteiger partial charge on any atom is 0.335 e. The van der Waals surface area contributed by atoms with E-state index in [1.165, 1.54) is 24.0 Å². The van der Waals surface area contributed by atoms with E-state index in [2.05, 4.69) is 22.3 Å². The summed E-state index contributed by atoms with van der Waals surface area (Å²) in [6, 6.07) is 3.08. The molecule has 2 aromatic heterocycles. The highest BCUT2D eigenvalue weighted by Crippen LogP contribution is 2.23. The van der Waals surface area contributed by atoms with E-state index >= 15 is 0 Å². The fraction of sp³-hybridized carbons (Fsp3) is 0.308. The number of carbonyl (C=O) groups is 1. The van der Waals surface area contributed by atoms with Crippen LogP contribution in [0.2, 0.25) is 0 Å². The molecule has 1 N–H and O–H groups in total. The predicted molar refractivity (Wildman–Crippen MR) is 76.9 cm³/mol. The van der Waals surface area contributed by atoms with Gasteiger partial charge in [0.1, 0.15) is 0 Å². The van der Waals surface area contributed by atoms with Gasteiger partial charge in [0.15, 0.2) is 0 Å². The Morgan fingerprint density at radius 3 is 3.11 bits per heavy atom. The van der Waals surface area contributed by atoms with Gasteiger partial charge in [-0.15, -0.1) is 11.3 Å². The quantitative estimate of drug-likeness (QED) is 0.826. The molecule has 0 spiro atoms. The van der Waals surface area contributed by atoms with Crippen molar-refractivity contribution in [3.8, 4) is 0 Å². The van der Waals surface area contributed by atoms with Crippen LogP contribution in [-0.2, 0) is 12.2 Å². The molecular weight excluding hydrogens is 280 g/mol. The zero-order chi connectivity index (χ0) is 13.7. The fourth-order valence-electron chi connectivity index (χ4n) is 1.51. The molecular formula is C13H14N2O2S2. The summed E-state index contributed by atoms with van der Waals surface area (Å²) in [7, 11) is 0. The van der Waals surface area contributed by atoms with Gasteiger partial charge >= 0.3 is 5.97 Å². The summed E-state index contributed by atoms with van der Waals surface area (Å²) < 4.78 is 0. The second kappa shape index (κ2) is 6.68. The van der Waals surface area contributed by atoms with Crippen molar-refractivity contribution >= 4 is 29.1 Å². The van der Waals surface area contributed by atoms with Crippen LogP contribution in [-0.4, -0.2) is 21.0 Å². The van der Waals surface area contributed by atoms with Gasteiger partial charge in [-0.2, -0.15) is 0 Å². The molecule has 0 fully saturated rings. The van der Waals surface area contributed by atoms with Crippen molar-refractivity contribution in [1.29, 1.82) is 0 Å². The Morgan fingerprint density at radius 1 is 1.53 bits per heavy atom. The summed E-state index contributed by atoms with van der Waals surface area (Å²) in [6.07, 6.45) is 3.64. The Balaban J connectivity index is 1.97. The first-order valence-electron chi connectivity index (χ1n) is 5.94. The van der Waals surface area contributed by atoms with Gasteiger partial charge in [-0.3, -0.25) is 0 Å². The summed E-state index contributed by atoms with van der Waals surface area (Å²) >= 11 is 3.18. The van der Waals surface area contributed by atoms with Crippen LogP contribution < -0.4 is 0 Å². The van der Waals surface area contributed by atoms with Crippen LogP contribution in [0.1, 0.15) is 34.4 Å². The number of hydrogen-bond acceptors (Lipinski definition) is 5. The number of carboxylic acid groups (broad SMARTS) is 1. The maximum atomic E-state index is 10.9. The fourth-order valence-corrected chi connectivity index (χ4v) is 3.31. The first-order valence-corrected chi connectivity index (χ1v) is 7.81. The molecule has 0 amide bonds. The number of aromatic nitrogens is 2. The smallest absolute Gasteiger partial charge is 0.335 e. The SMILES string of the molecule is CCCc1nc(CSc2cc(C(=O)O)ccn2)cs1. The Morgan fingerprint density at radius 2 is 2.37 bits per heavy atom. The van der Waals surface area contributed by atoms with Crippen molar-refractivity contribution < 1.29 is 9.90 Å². The zero-order valence-electron chi connectivity index (χ0n) is 10.5.